The van der Waals surface area contributed by atoms with Crippen molar-refractivity contribution in [3.8, 4) is 0 Å². The topological polar surface area (TPSA) is 103 Å². The molecule has 27 heavy (non-hydrogen) atoms. The van der Waals surface area contributed by atoms with Gasteiger partial charge in [-0.05, 0) is 31.5 Å². The van der Waals surface area contributed by atoms with Crippen molar-refractivity contribution in [3.63, 3.8) is 0 Å². The number of hydrogen-bond donors (Lipinski definition) is 2. The fourth-order valence-corrected chi connectivity index (χ4v) is 3.78. The van der Waals surface area contributed by atoms with Gasteiger partial charge >= 0.3 is 0 Å². The minimum absolute atomic E-state index is 0.0790. The molecule has 0 saturated heterocycles. The zero-order chi connectivity index (χ0) is 19.7. The number of carbonyl (C=O) groups excluding carboxylic acids is 2. The van der Waals surface area contributed by atoms with Gasteiger partial charge in [-0.25, -0.2) is 13.8 Å². The molecule has 0 bridgehead atoms. The Balaban J connectivity index is 1.90. The van der Waals surface area contributed by atoms with Crippen LogP contribution < -0.4 is 11.1 Å². The summed E-state index contributed by atoms with van der Waals surface area (Å²) in [7, 11) is 0. The summed E-state index contributed by atoms with van der Waals surface area (Å²) in [5, 5.41) is 7.33. The summed E-state index contributed by atoms with van der Waals surface area (Å²) in [6.07, 6.45) is -0.849. The van der Waals surface area contributed by atoms with Crippen molar-refractivity contribution in [3.05, 3.63) is 40.2 Å². The number of anilines is 1. The quantitative estimate of drug-likeness (QED) is 0.671. The summed E-state index contributed by atoms with van der Waals surface area (Å²) in [4.78, 5) is 28.3. The van der Waals surface area contributed by atoms with Crippen LogP contribution >= 0.6 is 11.3 Å². The molecule has 0 saturated carbocycles. The Labute approximate surface area is 157 Å². The fraction of sp³-hybridized carbons (Fsp3) is 0.294. The number of rotatable bonds is 6. The van der Waals surface area contributed by atoms with Gasteiger partial charge in [-0.1, -0.05) is 0 Å². The number of halogens is 2. The highest BCUT2D eigenvalue weighted by atomic mass is 32.1. The maximum absolute atomic E-state index is 13.0. The van der Waals surface area contributed by atoms with E-state index in [9.17, 15) is 18.4 Å². The molecule has 2 amide bonds. The third kappa shape index (κ3) is 3.95. The van der Waals surface area contributed by atoms with Crippen molar-refractivity contribution >= 4 is 39.1 Å². The van der Waals surface area contributed by atoms with E-state index < -0.39 is 12.3 Å². The van der Waals surface area contributed by atoms with E-state index in [-0.39, 0.29) is 33.4 Å². The number of aromatic nitrogens is 3. The average molecular weight is 393 g/mol. The fourth-order valence-electron chi connectivity index (χ4n) is 2.72. The van der Waals surface area contributed by atoms with Crippen molar-refractivity contribution in [1.29, 1.82) is 0 Å². The van der Waals surface area contributed by atoms with E-state index in [1.54, 1.807) is 17.8 Å². The number of nitrogens with zero attached hydrogens (tertiary/aromatic N) is 3. The van der Waals surface area contributed by atoms with Gasteiger partial charge in [0, 0.05) is 24.5 Å². The number of fused-ring (bicyclic) bond motifs is 1. The molecule has 0 unspecified atom stereocenters. The zero-order valence-corrected chi connectivity index (χ0v) is 15.4. The number of carbonyl (C=O) groups is 2. The molecule has 142 valence electrons. The van der Waals surface area contributed by atoms with Crippen molar-refractivity contribution in [2.24, 2.45) is 5.73 Å². The largest absolute Gasteiger partial charge is 0.365 e. The van der Waals surface area contributed by atoms with Crippen molar-refractivity contribution in [2.45, 2.75) is 33.2 Å². The van der Waals surface area contributed by atoms with E-state index in [2.05, 4.69) is 15.4 Å². The van der Waals surface area contributed by atoms with Gasteiger partial charge in [0.2, 0.25) is 5.91 Å². The molecule has 10 heteroatoms. The third-order valence-corrected chi connectivity index (χ3v) is 5.03. The highest BCUT2D eigenvalue weighted by Gasteiger charge is 2.23. The van der Waals surface area contributed by atoms with Crippen LogP contribution in [-0.4, -0.2) is 26.6 Å². The normalized spacial score (nSPS) is 11.3. The Bertz CT molecular complexity index is 1030. The van der Waals surface area contributed by atoms with Gasteiger partial charge in [0.25, 0.3) is 12.3 Å². The number of alkyl halides is 2. The second kappa shape index (κ2) is 7.39. The molecular formula is C17H17F2N5O2S. The first kappa shape index (κ1) is 18.9. The first-order valence-corrected chi connectivity index (χ1v) is 8.89. The standard InChI is InChI=1S/C17H17F2N5O2S/c1-8-7-10(15(18)19)21-17-12(8)13(14(27-17)16(20)26)22-11(25)4-6-24-5-3-9(2)23-24/h3,5,7,15H,4,6H2,1-2H3,(H2,20,26)(H,22,25). The van der Waals surface area contributed by atoms with Crippen molar-refractivity contribution in [1.82, 2.24) is 14.8 Å². The van der Waals surface area contributed by atoms with Crippen LogP contribution in [0.1, 0.15) is 39.5 Å². The zero-order valence-electron chi connectivity index (χ0n) is 14.6. The minimum Gasteiger partial charge on any atom is -0.365 e. The molecule has 0 aliphatic carbocycles. The van der Waals surface area contributed by atoms with Crippen LogP contribution in [0.4, 0.5) is 14.5 Å². The lowest BCUT2D eigenvalue weighted by Gasteiger charge is -2.08. The number of pyridine rings is 1. The lowest BCUT2D eigenvalue weighted by molar-refractivity contribution is -0.116. The van der Waals surface area contributed by atoms with E-state index in [1.807, 2.05) is 13.0 Å². The molecular weight excluding hydrogens is 376 g/mol. The lowest BCUT2D eigenvalue weighted by Crippen LogP contribution is -2.18. The summed E-state index contributed by atoms with van der Waals surface area (Å²) >= 11 is 0.886. The van der Waals surface area contributed by atoms with E-state index in [0.29, 0.717) is 17.5 Å². The van der Waals surface area contributed by atoms with Crippen LogP contribution in [0, 0.1) is 13.8 Å². The summed E-state index contributed by atoms with van der Waals surface area (Å²) < 4.78 is 27.6. The third-order valence-electron chi connectivity index (χ3n) is 3.93. The molecule has 3 aromatic rings. The highest BCUT2D eigenvalue weighted by Crippen LogP contribution is 2.38. The smallest absolute Gasteiger partial charge is 0.280 e. The van der Waals surface area contributed by atoms with Gasteiger partial charge in [-0.15, -0.1) is 11.3 Å². The molecule has 3 rings (SSSR count). The maximum atomic E-state index is 13.0. The number of aryl methyl sites for hydroxylation is 3. The number of nitrogens with two attached hydrogens (primary N) is 1. The Morgan fingerprint density at radius 1 is 1.37 bits per heavy atom. The van der Waals surface area contributed by atoms with Crippen molar-refractivity contribution in [2.75, 3.05) is 5.32 Å². The van der Waals surface area contributed by atoms with Crippen LogP contribution in [0.15, 0.2) is 18.3 Å². The Morgan fingerprint density at radius 3 is 2.70 bits per heavy atom. The van der Waals surface area contributed by atoms with E-state index in [0.717, 1.165) is 17.0 Å². The van der Waals surface area contributed by atoms with E-state index >= 15 is 0 Å². The molecule has 0 spiro atoms. The molecule has 7 nitrogen and oxygen atoms in total. The van der Waals surface area contributed by atoms with Crippen LogP contribution in [0.2, 0.25) is 0 Å². The molecule has 3 N–H and O–H groups in total. The van der Waals surface area contributed by atoms with Gasteiger partial charge in [-0.2, -0.15) is 5.10 Å². The summed E-state index contributed by atoms with van der Waals surface area (Å²) in [6.45, 7) is 3.83. The molecule has 0 fully saturated rings. The second-order valence-corrected chi connectivity index (χ2v) is 7.03. The molecule has 0 atom stereocenters. The maximum Gasteiger partial charge on any atom is 0.280 e. The van der Waals surface area contributed by atoms with Gasteiger partial charge in [0.1, 0.15) is 15.4 Å². The van der Waals surface area contributed by atoms with Crippen LogP contribution in [0.3, 0.4) is 0 Å². The Kier molecular flexibility index (Phi) is 5.17. The summed E-state index contributed by atoms with van der Waals surface area (Å²) in [5.41, 5.74) is 6.56. The molecule has 0 radical (unpaired) electrons. The van der Waals surface area contributed by atoms with E-state index in [1.165, 1.54) is 6.07 Å². The SMILES string of the molecule is Cc1ccn(CCC(=O)Nc2c(C(N)=O)sc3nc(C(F)F)cc(C)c23)n1. The molecule has 3 heterocycles. The predicted octanol–water partition coefficient (Wildman–Crippen LogP) is 3.17. The minimum atomic E-state index is -2.73. The van der Waals surface area contributed by atoms with Crippen LogP contribution in [-0.2, 0) is 11.3 Å². The molecule has 0 aliphatic rings. The molecule has 3 aromatic heterocycles. The van der Waals surface area contributed by atoms with Crippen LogP contribution in [0.25, 0.3) is 10.2 Å². The number of nitrogens with one attached hydrogen (secondary N) is 1. The monoisotopic (exact) mass is 393 g/mol. The second-order valence-electron chi connectivity index (χ2n) is 6.03. The Hall–Kier alpha value is -2.88. The number of primary amides is 1. The van der Waals surface area contributed by atoms with Crippen LogP contribution in [0.5, 0.6) is 0 Å². The van der Waals surface area contributed by atoms with Gasteiger partial charge in [-0.3, -0.25) is 14.3 Å². The van der Waals surface area contributed by atoms with Gasteiger partial charge < -0.3 is 11.1 Å². The number of hydrogen-bond acceptors (Lipinski definition) is 5. The van der Waals surface area contributed by atoms with Gasteiger partial charge in [0.05, 0.1) is 11.4 Å². The number of amides is 2. The first-order chi connectivity index (χ1) is 12.8. The summed E-state index contributed by atoms with van der Waals surface area (Å²) in [6, 6.07) is 3.07. The molecule has 0 aliphatic heterocycles. The van der Waals surface area contributed by atoms with Crippen molar-refractivity contribution < 1.29 is 18.4 Å². The summed E-state index contributed by atoms with van der Waals surface area (Å²) in [5.74, 6) is -1.10. The molecule has 0 aromatic carbocycles. The lowest BCUT2D eigenvalue weighted by atomic mass is 10.1. The Morgan fingerprint density at radius 2 is 2.11 bits per heavy atom. The van der Waals surface area contributed by atoms with Gasteiger partial charge in [0.15, 0.2) is 0 Å². The van der Waals surface area contributed by atoms with E-state index in [4.69, 9.17) is 5.73 Å². The average Bonchev–Trinajstić information content (AvgIpc) is 3.17. The number of thiophene rings is 1. The highest BCUT2D eigenvalue weighted by molar-refractivity contribution is 7.21. The predicted molar refractivity (Wildman–Crippen MR) is 98.0 cm³/mol. The first-order valence-electron chi connectivity index (χ1n) is 8.08.